The monoisotopic (exact) mass is 502 g/mol. The molecule has 1 saturated carbocycles. The van der Waals surface area contributed by atoms with Gasteiger partial charge < -0.3 is 9.84 Å². The third kappa shape index (κ3) is 5.14. The number of nitrogens with zero attached hydrogens (tertiary/aromatic N) is 2. The molecule has 188 valence electrons. The van der Waals surface area contributed by atoms with Gasteiger partial charge in [0.2, 0.25) is 0 Å². The SMILES string of the molecule is O=C(OCC(=O)N1N=C2/C(=C/c3ccc(F)cc3)CCCC2C1c1ccc(F)cc1)c1ccccc1O. The van der Waals surface area contributed by atoms with Crippen LogP contribution in [0.1, 0.15) is 46.8 Å². The fourth-order valence-corrected chi connectivity index (χ4v) is 4.88. The van der Waals surface area contributed by atoms with Gasteiger partial charge in [-0.2, -0.15) is 5.10 Å². The van der Waals surface area contributed by atoms with Crippen LogP contribution in [0.15, 0.2) is 83.5 Å². The largest absolute Gasteiger partial charge is 0.507 e. The van der Waals surface area contributed by atoms with Crippen LogP contribution in [0.5, 0.6) is 5.75 Å². The zero-order valence-electron chi connectivity index (χ0n) is 19.8. The molecule has 6 nitrogen and oxygen atoms in total. The van der Waals surface area contributed by atoms with Crippen molar-refractivity contribution in [1.29, 1.82) is 0 Å². The molecule has 0 radical (unpaired) electrons. The number of hydrogen-bond acceptors (Lipinski definition) is 5. The van der Waals surface area contributed by atoms with E-state index >= 15 is 0 Å². The highest BCUT2D eigenvalue weighted by Gasteiger charge is 2.43. The highest BCUT2D eigenvalue weighted by Crippen LogP contribution is 2.44. The van der Waals surface area contributed by atoms with Crippen molar-refractivity contribution >= 4 is 23.7 Å². The van der Waals surface area contributed by atoms with Gasteiger partial charge in [-0.15, -0.1) is 0 Å². The van der Waals surface area contributed by atoms with E-state index in [4.69, 9.17) is 4.74 Å². The number of para-hydroxylation sites is 1. The van der Waals surface area contributed by atoms with E-state index in [0.29, 0.717) is 5.56 Å². The summed E-state index contributed by atoms with van der Waals surface area (Å²) in [6.45, 7) is -0.578. The van der Waals surface area contributed by atoms with Gasteiger partial charge in [0.15, 0.2) is 6.61 Å². The molecule has 1 aliphatic carbocycles. The van der Waals surface area contributed by atoms with E-state index in [-0.39, 0.29) is 23.0 Å². The molecule has 3 aromatic rings. The number of amides is 1. The third-order valence-electron chi connectivity index (χ3n) is 6.63. The molecular formula is C29H24F2N2O4. The highest BCUT2D eigenvalue weighted by molar-refractivity contribution is 6.08. The summed E-state index contributed by atoms with van der Waals surface area (Å²) in [5, 5.41) is 15.9. The number of fused-ring (bicyclic) bond motifs is 1. The molecule has 0 aromatic heterocycles. The topological polar surface area (TPSA) is 79.2 Å². The first-order valence-corrected chi connectivity index (χ1v) is 12.0. The maximum Gasteiger partial charge on any atom is 0.342 e. The fraction of sp³-hybridized carbons (Fsp3) is 0.207. The van der Waals surface area contributed by atoms with Gasteiger partial charge in [0.1, 0.15) is 22.9 Å². The second-order valence-corrected chi connectivity index (χ2v) is 9.03. The summed E-state index contributed by atoms with van der Waals surface area (Å²) in [6.07, 6.45) is 4.31. The molecule has 0 spiro atoms. The summed E-state index contributed by atoms with van der Waals surface area (Å²) in [4.78, 5) is 25.7. The number of hydrogen-bond donors (Lipinski definition) is 1. The number of carbonyl (C=O) groups excluding carboxylic acids is 2. The van der Waals surface area contributed by atoms with Gasteiger partial charge in [-0.3, -0.25) is 4.79 Å². The predicted octanol–water partition coefficient (Wildman–Crippen LogP) is 5.65. The van der Waals surface area contributed by atoms with Crippen molar-refractivity contribution in [3.8, 4) is 5.75 Å². The van der Waals surface area contributed by atoms with E-state index in [1.807, 2.05) is 6.08 Å². The molecule has 2 unspecified atom stereocenters. The molecular weight excluding hydrogens is 478 g/mol. The smallest absolute Gasteiger partial charge is 0.342 e. The minimum absolute atomic E-state index is 0.0451. The Morgan fingerprint density at radius 2 is 1.68 bits per heavy atom. The first-order chi connectivity index (χ1) is 17.9. The lowest BCUT2D eigenvalue weighted by Gasteiger charge is -2.29. The number of phenols is 1. The number of benzene rings is 3. The number of halogens is 2. The van der Waals surface area contributed by atoms with Crippen molar-refractivity contribution < 1.29 is 28.2 Å². The molecule has 1 N–H and O–H groups in total. The molecule has 1 heterocycles. The van der Waals surface area contributed by atoms with Crippen LogP contribution in [0, 0.1) is 17.6 Å². The second-order valence-electron chi connectivity index (χ2n) is 9.03. The van der Waals surface area contributed by atoms with Crippen molar-refractivity contribution in [2.75, 3.05) is 6.61 Å². The first kappa shape index (κ1) is 24.4. The summed E-state index contributed by atoms with van der Waals surface area (Å²) in [7, 11) is 0. The van der Waals surface area contributed by atoms with E-state index in [1.54, 1.807) is 36.4 Å². The van der Waals surface area contributed by atoms with Gasteiger partial charge in [0.25, 0.3) is 5.91 Å². The molecule has 2 atom stereocenters. The molecule has 1 fully saturated rings. The Balaban J connectivity index is 1.44. The van der Waals surface area contributed by atoms with Gasteiger partial charge in [-0.05, 0) is 78.4 Å². The molecule has 2 aliphatic rings. The quantitative estimate of drug-likeness (QED) is 0.458. The van der Waals surface area contributed by atoms with E-state index in [0.717, 1.165) is 36.1 Å². The number of allylic oxidation sites excluding steroid dienone is 1. The van der Waals surface area contributed by atoms with Crippen LogP contribution in [0.4, 0.5) is 8.78 Å². The Labute approximate surface area is 212 Å². The van der Waals surface area contributed by atoms with E-state index in [1.165, 1.54) is 41.4 Å². The summed E-state index contributed by atoms with van der Waals surface area (Å²) >= 11 is 0. The highest BCUT2D eigenvalue weighted by atomic mass is 19.1. The van der Waals surface area contributed by atoms with Gasteiger partial charge in [0, 0.05) is 5.92 Å². The lowest BCUT2D eigenvalue weighted by atomic mass is 9.77. The average molecular weight is 503 g/mol. The van der Waals surface area contributed by atoms with Crippen molar-refractivity contribution in [1.82, 2.24) is 5.01 Å². The molecule has 8 heteroatoms. The summed E-state index contributed by atoms with van der Waals surface area (Å²) in [6, 6.07) is 17.5. The molecule has 5 rings (SSSR count). The number of phenolic OH excluding ortho intramolecular Hbond substituents is 1. The van der Waals surface area contributed by atoms with E-state index < -0.39 is 30.3 Å². The maximum atomic E-state index is 13.7. The van der Waals surface area contributed by atoms with Crippen molar-refractivity contribution in [2.45, 2.75) is 25.3 Å². The third-order valence-corrected chi connectivity index (χ3v) is 6.63. The van der Waals surface area contributed by atoms with Crippen LogP contribution in [0.3, 0.4) is 0 Å². The van der Waals surface area contributed by atoms with Crippen LogP contribution < -0.4 is 0 Å². The van der Waals surface area contributed by atoms with Crippen molar-refractivity contribution in [3.05, 3.63) is 107 Å². The Morgan fingerprint density at radius 1 is 1.00 bits per heavy atom. The Kier molecular flexibility index (Phi) is 6.81. The number of esters is 1. The van der Waals surface area contributed by atoms with Crippen LogP contribution in [-0.4, -0.2) is 34.3 Å². The van der Waals surface area contributed by atoms with E-state index in [9.17, 15) is 23.5 Å². The molecule has 3 aromatic carbocycles. The second kappa shape index (κ2) is 10.3. The lowest BCUT2D eigenvalue weighted by Crippen LogP contribution is -2.34. The lowest BCUT2D eigenvalue weighted by molar-refractivity contribution is -0.137. The first-order valence-electron chi connectivity index (χ1n) is 12.0. The van der Waals surface area contributed by atoms with Crippen LogP contribution >= 0.6 is 0 Å². The average Bonchev–Trinajstić information content (AvgIpc) is 3.30. The van der Waals surface area contributed by atoms with Gasteiger partial charge in [-0.25, -0.2) is 18.6 Å². The Hall–Kier alpha value is -4.33. The van der Waals surface area contributed by atoms with Gasteiger partial charge in [0.05, 0.1) is 11.8 Å². The normalized spacial score (nSPS) is 19.9. The molecule has 37 heavy (non-hydrogen) atoms. The zero-order valence-corrected chi connectivity index (χ0v) is 19.8. The van der Waals surface area contributed by atoms with Crippen molar-refractivity contribution in [2.24, 2.45) is 11.0 Å². The number of ether oxygens (including phenoxy) is 1. The van der Waals surface area contributed by atoms with E-state index in [2.05, 4.69) is 5.10 Å². The maximum absolute atomic E-state index is 13.7. The minimum Gasteiger partial charge on any atom is -0.507 e. The molecule has 0 saturated heterocycles. The molecule has 0 bridgehead atoms. The molecule has 1 amide bonds. The van der Waals surface area contributed by atoms with Crippen LogP contribution in [-0.2, 0) is 9.53 Å². The van der Waals surface area contributed by atoms with Crippen LogP contribution in [0.25, 0.3) is 6.08 Å². The van der Waals surface area contributed by atoms with Gasteiger partial charge in [-0.1, -0.05) is 36.4 Å². The van der Waals surface area contributed by atoms with Crippen LogP contribution in [0.2, 0.25) is 0 Å². The van der Waals surface area contributed by atoms with Gasteiger partial charge >= 0.3 is 5.97 Å². The Bertz CT molecular complexity index is 1380. The zero-order chi connectivity index (χ0) is 25.9. The summed E-state index contributed by atoms with van der Waals surface area (Å²) in [5.41, 5.74) is 3.17. The standard InChI is InChI=1S/C29H24F2N2O4/c30-21-12-8-18(9-13-21)16-20-4-3-6-24-27(20)32-33(28(24)19-10-14-22(31)15-11-19)26(35)17-37-29(36)23-5-1-2-7-25(23)34/h1-2,5,7-16,24,28,34H,3-4,6,17H2/b20-16+. The fourth-order valence-electron chi connectivity index (χ4n) is 4.88. The predicted molar refractivity (Wildman–Crippen MR) is 134 cm³/mol. The number of hydrazone groups is 1. The summed E-state index contributed by atoms with van der Waals surface area (Å²) in [5.74, 6) is -2.46. The number of carbonyl (C=O) groups is 2. The number of aromatic hydroxyl groups is 1. The molecule has 1 aliphatic heterocycles. The number of rotatable bonds is 5. The Morgan fingerprint density at radius 3 is 2.38 bits per heavy atom. The summed E-state index contributed by atoms with van der Waals surface area (Å²) < 4.78 is 32.3. The van der Waals surface area contributed by atoms with Crippen molar-refractivity contribution in [3.63, 3.8) is 0 Å². The minimum atomic E-state index is -0.828.